The van der Waals surface area contributed by atoms with E-state index in [0.29, 0.717) is 27.8 Å². The van der Waals surface area contributed by atoms with Gasteiger partial charge in [0.1, 0.15) is 11.0 Å². The van der Waals surface area contributed by atoms with Gasteiger partial charge in [0, 0.05) is 5.56 Å². The Hall–Kier alpha value is -2.01. The molecule has 0 bridgehead atoms. The van der Waals surface area contributed by atoms with Crippen LogP contribution in [0.15, 0.2) is 30.3 Å². The van der Waals surface area contributed by atoms with Crippen LogP contribution in [0.25, 0.3) is 17.0 Å². The molecule has 0 saturated carbocycles. The van der Waals surface area contributed by atoms with Gasteiger partial charge in [-0.05, 0) is 30.7 Å². The second-order valence-electron chi connectivity index (χ2n) is 3.91. The summed E-state index contributed by atoms with van der Waals surface area (Å²) in [6.45, 7) is 1.70. The first-order valence-electron chi connectivity index (χ1n) is 5.29. The minimum Gasteiger partial charge on any atom is -0.207 e. The highest BCUT2D eigenvalue weighted by Crippen LogP contribution is 2.20. The molecule has 0 amide bonds. The maximum atomic E-state index is 13.5. The molecule has 0 atom stereocenters. The second-order valence-corrected chi connectivity index (χ2v) is 4.30. The summed E-state index contributed by atoms with van der Waals surface area (Å²) in [5, 5.41) is 12.4. The Kier molecular flexibility index (Phi) is 2.48. The first-order valence-corrected chi connectivity index (χ1v) is 5.67. The fourth-order valence-corrected chi connectivity index (χ4v) is 1.82. The average molecular weight is 263 g/mol. The normalized spacial score (nSPS) is 11.1. The van der Waals surface area contributed by atoms with E-state index in [1.165, 1.54) is 10.6 Å². The zero-order valence-corrected chi connectivity index (χ0v) is 10.2. The van der Waals surface area contributed by atoms with Gasteiger partial charge in [-0.3, -0.25) is 0 Å². The van der Waals surface area contributed by atoms with Crippen molar-refractivity contribution in [2.75, 3.05) is 0 Å². The number of aryl methyl sites for hydroxylation is 1. The van der Waals surface area contributed by atoms with Gasteiger partial charge in [0.15, 0.2) is 11.5 Å². The predicted octanol–water partition coefficient (Wildman–Crippen LogP) is 2.89. The largest absolute Gasteiger partial charge is 0.207 e. The topological polar surface area (TPSA) is 43.1 Å². The number of rotatable bonds is 1. The first kappa shape index (κ1) is 11.1. The van der Waals surface area contributed by atoms with Crippen LogP contribution < -0.4 is 0 Å². The zero-order valence-electron chi connectivity index (χ0n) is 9.43. The molecular formula is C12H8ClFN4. The van der Waals surface area contributed by atoms with Gasteiger partial charge in [0.25, 0.3) is 0 Å². The van der Waals surface area contributed by atoms with Gasteiger partial charge < -0.3 is 0 Å². The molecule has 6 heteroatoms. The monoisotopic (exact) mass is 262 g/mol. The van der Waals surface area contributed by atoms with Gasteiger partial charge in [0.05, 0.1) is 0 Å². The van der Waals surface area contributed by atoms with Crippen molar-refractivity contribution >= 4 is 17.2 Å². The van der Waals surface area contributed by atoms with Crippen molar-refractivity contribution in [1.82, 2.24) is 19.8 Å². The van der Waals surface area contributed by atoms with Crippen LogP contribution in [0.1, 0.15) is 5.56 Å². The van der Waals surface area contributed by atoms with E-state index in [2.05, 4.69) is 15.3 Å². The molecule has 0 aliphatic rings. The number of aromatic nitrogens is 4. The number of halogens is 2. The van der Waals surface area contributed by atoms with Crippen LogP contribution in [0.2, 0.25) is 5.15 Å². The van der Waals surface area contributed by atoms with Gasteiger partial charge in [0.2, 0.25) is 0 Å². The van der Waals surface area contributed by atoms with Gasteiger partial charge in [-0.2, -0.15) is 9.61 Å². The molecule has 0 unspecified atom stereocenters. The third-order valence-electron chi connectivity index (χ3n) is 2.66. The van der Waals surface area contributed by atoms with Crippen molar-refractivity contribution in [2.45, 2.75) is 6.92 Å². The van der Waals surface area contributed by atoms with Crippen LogP contribution in [-0.4, -0.2) is 19.8 Å². The van der Waals surface area contributed by atoms with Gasteiger partial charge in [-0.15, -0.1) is 10.2 Å². The highest BCUT2D eigenvalue weighted by molar-refractivity contribution is 6.29. The zero-order chi connectivity index (χ0) is 12.7. The van der Waals surface area contributed by atoms with Crippen molar-refractivity contribution in [1.29, 1.82) is 0 Å². The Bertz CT molecular complexity index is 738. The molecule has 0 radical (unpaired) electrons. The quantitative estimate of drug-likeness (QED) is 0.677. The molecule has 0 aliphatic carbocycles. The summed E-state index contributed by atoms with van der Waals surface area (Å²) in [6, 6.07) is 8.21. The van der Waals surface area contributed by atoms with Crippen LogP contribution in [0.5, 0.6) is 0 Å². The lowest BCUT2D eigenvalue weighted by atomic mass is 10.1. The molecule has 0 saturated heterocycles. The first-order chi connectivity index (χ1) is 8.65. The summed E-state index contributed by atoms with van der Waals surface area (Å²) < 4.78 is 15.0. The predicted molar refractivity (Wildman–Crippen MR) is 65.9 cm³/mol. The van der Waals surface area contributed by atoms with Crippen molar-refractivity contribution in [3.05, 3.63) is 46.9 Å². The smallest absolute Gasteiger partial charge is 0.185 e. The van der Waals surface area contributed by atoms with Crippen molar-refractivity contribution in [2.24, 2.45) is 0 Å². The second kappa shape index (κ2) is 4.03. The molecule has 2 aromatic heterocycles. The fourth-order valence-electron chi connectivity index (χ4n) is 1.68. The molecule has 18 heavy (non-hydrogen) atoms. The molecule has 3 rings (SSSR count). The third-order valence-corrected chi connectivity index (χ3v) is 2.86. The molecule has 0 aliphatic heterocycles. The van der Waals surface area contributed by atoms with Crippen molar-refractivity contribution in [3.8, 4) is 11.4 Å². The maximum absolute atomic E-state index is 13.5. The Morgan fingerprint density at radius 3 is 2.78 bits per heavy atom. The Morgan fingerprint density at radius 2 is 2.00 bits per heavy atom. The van der Waals surface area contributed by atoms with Gasteiger partial charge in [-0.25, -0.2) is 4.39 Å². The molecule has 2 heterocycles. The van der Waals surface area contributed by atoms with Crippen LogP contribution >= 0.6 is 11.6 Å². The minimum atomic E-state index is -0.286. The van der Waals surface area contributed by atoms with E-state index < -0.39 is 0 Å². The van der Waals surface area contributed by atoms with Gasteiger partial charge in [-0.1, -0.05) is 23.7 Å². The standard InChI is InChI=1S/C12H8ClFN4/c1-7-2-3-8(6-9(7)14)12-16-15-11-5-4-10(13)17-18(11)12/h2-6H,1H3. The van der Waals surface area contributed by atoms with E-state index in [1.807, 2.05) is 0 Å². The van der Waals surface area contributed by atoms with E-state index in [-0.39, 0.29) is 5.82 Å². The third kappa shape index (κ3) is 1.73. The van der Waals surface area contributed by atoms with E-state index in [9.17, 15) is 4.39 Å². The van der Waals surface area contributed by atoms with Crippen LogP contribution in [-0.2, 0) is 0 Å². The number of hydrogen-bond donors (Lipinski definition) is 0. The molecular weight excluding hydrogens is 255 g/mol. The SMILES string of the molecule is Cc1ccc(-c2nnc3ccc(Cl)nn23)cc1F. The van der Waals surface area contributed by atoms with Crippen LogP contribution in [0.3, 0.4) is 0 Å². The number of nitrogens with zero attached hydrogens (tertiary/aromatic N) is 4. The van der Waals surface area contributed by atoms with E-state index in [1.54, 1.807) is 31.2 Å². The lowest BCUT2D eigenvalue weighted by molar-refractivity contribution is 0.619. The number of benzene rings is 1. The summed E-state index contributed by atoms with van der Waals surface area (Å²) in [7, 11) is 0. The summed E-state index contributed by atoms with van der Waals surface area (Å²) in [6.07, 6.45) is 0. The summed E-state index contributed by atoms with van der Waals surface area (Å²) >= 11 is 5.83. The van der Waals surface area contributed by atoms with Crippen LogP contribution in [0, 0.1) is 12.7 Å². The highest BCUT2D eigenvalue weighted by atomic mass is 35.5. The van der Waals surface area contributed by atoms with Crippen molar-refractivity contribution < 1.29 is 4.39 Å². The Balaban J connectivity index is 2.24. The number of fused-ring (bicyclic) bond motifs is 1. The molecule has 1 aromatic carbocycles. The highest BCUT2D eigenvalue weighted by Gasteiger charge is 2.11. The molecule has 3 aromatic rings. The molecule has 0 N–H and O–H groups in total. The fraction of sp³-hybridized carbons (Fsp3) is 0.0833. The van der Waals surface area contributed by atoms with Gasteiger partial charge >= 0.3 is 0 Å². The van der Waals surface area contributed by atoms with E-state index >= 15 is 0 Å². The van der Waals surface area contributed by atoms with Crippen molar-refractivity contribution in [3.63, 3.8) is 0 Å². The molecule has 0 spiro atoms. The minimum absolute atomic E-state index is 0.286. The van der Waals surface area contributed by atoms with Crippen LogP contribution in [0.4, 0.5) is 4.39 Å². The lowest BCUT2D eigenvalue weighted by Crippen LogP contribution is -1.95. The molecule has 4 nitrogen and oxygen atoms in total. The molecule has 90 valence electrons. The maximum Gasteiger partial charge on any atom is 0.185 e. The Morgan fingerprint density at radius 1 is 1.17 bits per heavy atom. The summed E-state index contributed by atoms with van der Waals surface area (Å²) in [5.41, 5.74) is 1.76. The Labute approximate surface area is 107 Å². The molecule has 0 fully saturated rings. The lowest BCUT2D eigenvalue weighted by Gasteiger charge is -2.01. The van der Waals surface area contributed by atoms with E-state index in [0.717, 1.165) is 0 Å². The number of hydrogen-bond acceptors (Lipinski definition) is 3. The average Bonchev–Trinajstić information content (AvgIpc) is 2.75. The van der Waals surface area contributed by atoms with E-state index in [4.69, 9.17) is 11.6 Å². The summed E-state index contributed by atoms with van der Waals surface area (Å²) in [5.74, 6) is 0.178. The summed E-state index contributed by atoms with van der Waals surface area (Å²) in [4.78, 5) is 0.